The molecule has 4 rings (SSSR count). The minimum absolute atomic E-state index is 0.271. The van der Waals surface area contributed by atoms with Crippen LogP contribution in [0.25, 0.3) is 0 Å². The first-order chi connectivity index (χ1) is 11.1. The summed E-state index contributed by atoms with van der Waals surface area (Å²) in [7, 11) is 0. The lowest BCUT2D eigenvalue weighted by Crippen LogP contribution is -2.88. The van der Waals surface area contributed by atoms with E-state index in [4.69, 9.17) is 10.5 Å². The molecule has 116 valence electrons. The van der Waals surface area contributed by atoms with E-state index in [-0.39, 0.29) is 5.92 Å². The van der Waals surface area contributed by atoms with E-state index in [9.17, 15) is 10.5 Å². The summed E-state index contributed by atoms with van der Waals surface area (Å²) in [5, 5.41) is 19.0. The fourth-order valence-electron chi connectivity index (χ4n) is 4.11. The molecule has 3 aliphatic rings. The van der Waals surface area contributed by atoms with Gasteiger partial charge in [0.1, 0.15) is 0 Å². The number of thioether (sulfide) groups is 2. The number of nitrogens with two attached hydrogens (primary N) is 1. The smallest absolute Gasteiger partial charge is 0.277 e. The van der Waals surface area contributed by atoms with Crippen LogP contribution in [0.1, 0.15) is 11.5 Å². The molecule has 1 spiro atoms. The average Bonchev–Trinajstić information content (AvgIpc) is 2.83. The van der Waals surface area contributed by atoms with Gasteiger partial charge >= 0.3 is 0 Å². The van der Waals surface area contributed by atoms with Crippen molar-refractivity contribution in [3.8, 4) is 12.1 Å². The molecule has 7 heteroatoms. The van der Waals surface area contributed by atoms with Gasteiger partial charge in [-0.2, -0.15) is 10.5 Å². The van der Waals surface area contributed by atoms with E-state index in [1.54, 1.807) is 11.8 Å². The van der Waals surface area contributed by atoms with Crippen LogP contribution in [0, 0.1) is 33.5 Å². The van der Waals surface area contributed by atoms with Gasteiger partial charge in [0.05, 0.1) is 18.7 Å². The highest BCUT2D eigenvalue weighted by Gasteiger charge is 2.96. The SMILES string of the molecule is CSc1ccc([C@@H]2[C@@]3(C#N)[C@@]4([NH+]=C(N)[C@@]23C#N)OCCS4)cc1. The Morgan fingerprint density at radius 1 is 1.35 bits per heavy atom. The molecule has 0 aromatic heterocycles. The number of ether oxygens (including phenoxy) is 1. The largest absolute Gasteiger partial charge is 0.327 e. The van der Waals surface area contributed by atoms with E-state index < -0.39 is 15.9 Å². The maximum Gasteiger partial charge on any atom is 0.277 e. The van der Waals surface area contributed by atoms with Crippen LogP contribution in [0.5, 0.6) is 0 Å². The van der Waals surface area contributed by atoms with Gasteiger partial charge in [0.15, 0.2) is 10.8 Å². The molecule has 1 aromatic carbocycles. The van der Waals surface area contributed by atoms with Crippen LogP contribution in [-0.2, 0) is 4.74 Å². The van der Waals surface area contributed by atoms with Crippen LogP contribution in [0.2, 0.25) is 0 Å². The highest BCUT2D eigenvalue weighted by Crippen LogP contribution is 2.80. The molecule has 1 saturated heterocycles. The first kappa shape index (κ1) is 14.9. The van der Waals surface area contributed by atoms with Gasteiger partial charge < -0.3 is 4.74 Å². The summed E-state index contributed by atoms with van der Waals surface area (Å²) in [6.07, 6.45) is 2.02. The standard InChI is InChI=1S/C16H14N4OS2/c1-22-11-4-2-10(3-5-11)12-14(8-17)13(19)20-16(15(12,14)9-18)21-6-7-23-16/h2-5,12H,6-7H2,1H3,(H2,19,20)/p+1/t12-,14+,15+,16+/m0/s1. The van der Waals surface area contributed by atoms with Crippen LogP contribution in [0.3, 0.4) is 0 Å². The van der Waals surface area contributed by atoms with Crippen LogP contribution in [0.15, 0.2) is 29.2 Å². The Balaban J connectivity index is 1.87. The number of hydrogen-bond acceptors (Lipinski definition) is 6. The molecule has 0 unspecified atom stereocenters. The van der Waals surface area contributed by atoms with Gasteiger partial charge in [-0.25, -0.2) is 4.99 Å². The number of benzene rings is 1. The molecule has 2 fully saturated rings. The Morgan fingerprint density at radius 2 is 2.09 bits per heavy atom. The Morgan fingerprint density at radius 3 is 2.61 bits per heavy atom. The second-order valence-electron chi connectivity index (χ2n) is 5.90. The summed E-state index contributed by atoms with van der Waals surface area (Å²) < 4.78 is 5.92. The highest BCUT2D eigenvalue weighted by molar-refractivity contribution is 8.00. The van der Waals surface area contributed by atoms with Gasteiger partial charge in [0.2, 0.25) is 0 Å². The topological polar surface area (TPSA) is 96.8 Å². The minimum Gasteiger partial charge on any atom is -0.327 e. The molecule has 0 amide bonds. The van der Waals surface area contributed by atoms with Crippen molar-refractivity contribution in [2.24, 2.45) is 16.6 Å². The molecule has 4 atom stereocenters. The summed E-state index contributed by atoms with van der Waals surface area (Å²) in [6, 6.07) is 12.8. The van der Waals surface area contributed by atoms with Crippen LogP contribution in [-0.4, -0.2) is 29.5 Å². The summed E-state index contributed by atoms with van der Waals surface area (Å²) in [5.74, 6) is 0.867. The van der Waals surface area contributed by atoms with Crippen molar-refractivity contribution in [3.63, 3.8) is 0 Å². The molecule has 2 aliphatic heterocycles. The third-order valence-electron chi connectivity index (χ3n) is 5.14. The lowest BCUT2D eigenvalue weighted by Gasteiger charge is -2.23. The molecule has 3 N–H and O–H groups in total. The molecule has 1 aromatic rings. The zero-order valence-corrected chi connectivity index (χ0v) is 14.1. The first-order valence-electron chi connectivity index (χ1n) is 7.27. The van der Waals surface area contributed by atoms with Crippen molar-refractivity contribution in [2.45, 2.75) is 15.9 Å². The fourth-order valence-corrected chi connectivity index (χ4v) is 5.88. The summed E-state index contributed by atoms with van der Waals surface area (Å²) in [6.45, 7) is 0.550. The summed E-state index contributed by atoms with van der Waals surface area (Å²) in [5.41, 5.74) is 5.15. The predicted octanol–water partition coefficient (Wildman–Crippen LogP) is 0.394. The quantitative estimate of drug-likeness (QED) is 0.754. The van der Waals surface area contributed by atoms with E-state index in [0.717, 1.165) is 16.2 Å². The number of nitrogens with one attached hydrogen (secondary N) is 1. The van der Waals surface area contributed by atoms with Crippen molar-refractivity contribution >= 4 is 29.4 Å². The zero-order valence-electron chi connectivity index (χ0n) is 12.5. The van der Waals surface area contributed by atoms with Gasteiger partial charge in [0.25, 0.3) is 10.9 Å². The molecule has 0 bridgehead atoms. The van der Waals surface area contributed by atoms with Crippen LogP contribution >= 0.6 is 23.5 Å². The lowest BCUT2D eigenvalue weighted by atomic mass is 9.95. The maximum atomic E-state index is 10.0. The Kier molecular flexibility index (Phi) is 3.02. The van der Waals surface area contributed by atoms with Crippen LogP contribution < -0.4 is 10.7 Å². The molecular weight excluding hydrogens is 328 g/mol. The summed E-state index contributed by atoms with van der Waals surface area (Å²) >= 11 is 3.20. The number of amidine groups is 1. The summed E-state index contributed by atoms with van der Waals surface area (Å²) in [4.78, 5) is 4.27. The number of nitrogens with zero attached hydrogens (tertiary/aromatic N) is 2. The molecular formula is C16H15N4OS2+. The minimum atomic E-state index is -1.03. The van der Waals surface area contributed by atoms with Crippen LogP contribution in [0.4, 0.5) is 0 Å². The monoisotopic (exact) mass is 343 g/mol. The predicted molar refractivity (Wildman–Crippen MR) is 88.4 cm³/mol. The van der Waals surface area contributed by atoms with Gasteiger partial charge in [-0.1, -0.05) is 23.9 Å². The van der Waals surface area contributed by atoms with E-state index >= 15 is 0 Å². The van der Waals surface area contributed by atoms with E-state index in [0.29, 0.717) is 12.4 Å². The van der Waals surface area contributed by atoms with E-state index in [2.05, 4.69) is 17.1 Å². The first-order valence-corrected chi connectivity index (χ1v) is 9.48. The van der Waals surface area contributed by atoms with Gasteiger partial charge in [-0.3, -0.25) is 5.73 Å². The third kappa shape index (κ3) is 1.46. The van der Waals surface area contributed by atoms with Crippen molar-refractivity contribution in [1.29, 1.82) is 10.5 Å². The number of nitriles is 2. The number of hydrogen-bond donors (Lipinski definition) is 2. The molecule has 23 heavy (non-hydrogen) atoms. The molecule has 5 nitrogen and oxygen atoms in total. The number of fused-ring (bicyclic) bond motifs is 2. The van der Waals surface area contributed by atoms with Gasteiger partial charge in [0, 0.05) is 16.6 Å². The van der Waals surface area contributed by atoms with Crippen molar-refractivity contribution in [1.82, 2.24) is 0 Å². The van der Waals surface area contributed by atoms with Crippen molar-refractivity contribution in [3.05, 3.63) is 29.8 Å². The number of rotatable bonds is 2. The zero-order chi connectivity index (χ0) is 16.3. The highest BCUT2D eigenvalue weighted by atomic mass is 32.2. The second kappa shape index (κ2) is 4.67. The van der Waals surface area contributed by atoms with Crippen molar-refractivity contribution < 1.29 is 9.73 Å². The normalized spacial score (nSPS) is 40.3. The van der Waals surface area contributed by atoms with Gasteiger partial charge in [-0.05, 0) is 24.0 Å². The Labute approximate surface area is 142 Å². The van der Waals surface area contributed by atoms with Gasteiger partial charge in [-0.15, -0.1) is 11.8 Å². The molecule has 1 saturated carbocycles. The average molecular weight is 343 g/mol. The maximum absolute atomic E-state index is 10.0. The van der Waals surface area contributed by atoms with Crippen molar-refractivity contribution in [2.75, 3.05) is 18.6 Å². The Bertz CT molecular complexity index is 788. The Hall–Kier alpha value is -1.67. The molecule has 1 aliphatic carbocycles. The lowest BCUT2D eigenvalue weighted by molar-refractivity contribution is -0.583. The third-order valence-corrected chi connectivity index (χ3v) is 7.21. The second-order valence-corrected chi connectivity index (χ2v) is 8.05. The fraction of sp³-hybridized carbons (Fsp3) is 0.438. The molecule has 2 heterocycles. The van der Waals surface area contributed by atoms with E-state index in [1.807, 2.05) is 30.5 Å². The van der Waals surface area contributed by atoms with E-state index in [1.165, 1.54) is 11.8 Å². The molecule has 0 radical (unpaired) electrons.